The van der Waals surface area contributed by atoms with E-state index in [1.54, 1.807) is 27.7 Å². The van der Waals surface area contributed by atoms with E-state index in [4.69, 9.17) is 0 Å². The van der Waals surface area contributed by atoms with Crippen LogP contribution in [0.15, 0.2) is 0 Å². The fourth-order valence-electron chi connectivity index (χ4n) is 2.48. The SMILES string of the molecule is CC1CN(C)CCC1NC(=O)NC(C)(C)C(C)(C)C(=O)O. The van der Waals surface area contributed by atoms with E-state index >= 15 is 0 Å². The number of hydrogen-bond acceptors (Lipinski definition) is 3. The predicted molar refractivity (Wildman–Crippen MR) is 82.2 cm³/mol. The molecule has 1 heterocycles. The Hall–Kier alpha value is -1.30. The topological polar surface area (TPSA) is 81.7 Å². The number of urea groups is 1. The highest BCUT2D eigenvalue weighted by Crippen LogP contribution is 2.30. The Morgan fingerprint density at radius 2 is 1.81 bits per heavy atom. The highest BCUT2D eigenvalue weighted by atomic mass is 16.4. The lowest BCUT2D eigenvalue weighted by Gasteiger charge is -2.40. The number of carbonyl (C=O) groups excluding carboxylic acids is 1. The molecule has 3 N–H and O–H groups in total. The molecule has 2 atom stereocenters. The second-order valence-corrected chi connectivity index (χ2v) is 7.29. The molecule has 122 valence electrons. The van der Waals surface area contributed by atoms with E-state index < -0.39 is 16.9 Å². The monoisotopic (exact) mass is 299 g/mol. The van der Waals surface area contributed by atoms with Crippen molar-refractivity contribution >= 4 is 12.0 Å². The average Bonchev–Trinajstić information content (AvgIpc) is 2.31. The van der Waals surface area contributed by atoms with Crippen molar-refractivity contribution in [3.8, 4) is 0 Å². The van der Waals surface area contributed by atoms with Gasteiger partial charge in [0.2, 0.25) is 0 Å². The number of nitrogens with zero attached hydrogens (tertiary/aromatic N) is 1. The number of carbonyl (C=O) groups is 2. The lowest BCUT2D eigenvalue weighted by molar-refractivity contribution is -0.150. The zero-order chi connectivity index (χ0) is 16.4. The second kappa shape index (κ2) is 6.22. The lowest BCUT2D eigenvalue weighted by Crippen LogP contribution is -2.61. The summed E-state index contributed by atoms with van der Waals surface area (Å²) in [5.74, 6) is -0.550. The van der Waals surface area contributed by atoms with Crippen molar-refractivity contribution in [3.63, 3.8) is 0 Å². The van der Waals surface area contributed by atoms with Gasteiger partial charge in [0.1, 0.15) is 0 Å². The molecule has 1 aliphatic heterocycles. The second-order valence-electron chi connectivity index (χ2n) is 7.29. The van der Waals surface area contributed by atoms with Gasteiger partial charge >= 0.3 is 12.0 Å². The number of hydrogen-bond donors (Lipinski definition) is 3. The van der Waals surface area contributed by atoms with Gasteiger partial charge in [0, 0.05) is 12.6 Å². The third-order valence-corrected chi connectivity index (χ3v) is 4.95. The number of piperidine rings is 1. The minimum Gasteiger partial charge on any atom is -0.481 e. The largest absolute Gasteiger partial charge is 0.481 e. The zero-order valence-electron chi connectivity index (χ0n) is 14.0. The van der Waals surface area contributed by atoms with Gasteiger partial charge in [0.15, 0.2) is 0 Å². The zero-order valence-corrected chi connectivity index (χ0v) is 14.0. The molecule has 2 unspecified atom stereocenters. The highest BCUT2D eigenvalue weighted by Gasteiger charge is 2.44. The first-order valence-electron chi connectivity index (χ1n) is 7.48. The van der Waals surface area contributed by atoms with E-state index in [-0.39, 0.29) is 12.1 Å². The van der Waals surface area contributed by atoms with Crippen LogP contribution in [0, 0.1) is 11.3 Å². The van der Waals surface area contributed by atoms with Crippen molar-refractivity contribution < 1.29 is 14.7 Å². The Balaban J connectivity index is 2.63. The Morgan fingerprint density at radius 1 is 1.24 bits per heavy atom. The number of carboxylic acids is 1. The van der Waals surface area contributed by atoms with Gasteiger partial charge in [-0.05, 0) is 53.6 Å². The van der Waals surface area contributed by atoms with Crippen LogP contribution in [0.4, 0.5) is 4.79 Å². The molecule has 1 rings (SSSR count). The molecule has 0 aromatic heterocycles. The van der Waals surface area contributed by atoms with Crippen molar-refractivity contribution in [3.05, 3.63) is 0 Å². The highest BCUT2D eigenvalue weighted by molar-refractivity contribution is 5.79. The molecular formula is C15H29N3O3. The molecule has 0 saturated carbocycles. The van der Waals surface area contributed by atoms with Crippen LogP contribution in [0.1, 0.15) is 41.0 Å². The van der Waals surface area contributed by atoms with Crippen LogP contribution in [0.2, 0.25) is 0 Å². The Morgan fingerprint density at radius 3 is 2.29 bits per heavy atom. The maximum Gasteiger partial charge on any atom is 0.315 e. The van der Waals surface area contributed by atoms with Gasteiger partial charge in [-0.3, -0.25) is 4.79 Å². The summed E-state index contributed by atoms with van der Waals surface area (Å²) >= 11 is 0. The molecule has 21 heavy (non-hydrogen) atoms. The van der Waals surface area contributed by atoms with Gasteiger partial charge in [-0.2, -0.15) is 0 Å². The minimum atomic E-state index is -1.05. The van der Waals surface area contributed by atoms with Crippen molar-refractivity contribution in [2.24, 2.45) is 11.3 Å². The van der Waals surface area contributed by atoms with Crippen LogP contribution in [-0.4, -0.2) is 53.7 Å². The molecule has 6 heteroatoms. The quantitative estimate of drug-likeness (QED) is 0.735. The molecule has 0 radical (unpaired) electrons. The number of aliphatic carboxylic acids is 1. The van der Waals surface area contributed by atoms with Gasteiger partial charge in [-0.15, -0.1) is 0 Å². The van der Waals surface area contributed by atoms with Gasteiger partial charge in [-0.25, -0.2) is 4.79 Å². The molecule has 6 nitrogen and oxygen atoms in total. The predicted octanol–water partition coefficient (Wildman–Crippen LogP) is 1.52. The van der Waals surface area contributed by atoms with Crippen molar-refractivity contribution in [2.45, 2.75) is 52.6 Å². The average molecular weight is 299 g/mol. The normalized spacial score (nSPS) is 24.5. The molecule has 0 aliphatic carbocycles. The minimum absolute atomic E-state index is 0.130. The smallest absolute Gasteiger partial charge is 0.315 e. The van der Waals surface area contributed by atoms with Gasteiger partial charge < -0.3 is 20.6 Å². The number of rotatable bonds is 4. The van der Waals surface area contributed by atoms with Gasteiger partial charge in [0.05, 0.1) is 11.0 Å². The Kier molecular flexibility index (Phi) is 5.25. The van der Waals surface area contributed by atoms with E-state index in [2.05, 4.69) is 29.5 Å². The Bertz CT molecular complexity index is 407. The molecular weight excluding hydrogens is 270 g/mol. The summed E-state index contributed by atoms with van der Waals surface area (Å²) in [6.45, 7) is 10.7. The third-order valence-electron chi connectivity index (χ3n) is 4.95. The summed E-state index contributed by atoms with van der Waals surface area (Å²) in [7, 11) is 2.07. The molecule has 1 aliphatic rings. The summed E-state index contributed by atoms with van der Waals surface area (Å²) in [6.07, 6.45) is 0.911. The van der Waals surface area contributed by atoms with Crippen LogP contribution < -0.4 is 10.6 Å². The number of carboxylic acid groups (broad SMARTS) is 1. The standard InChI is InChI=1S/C15H29N3O3/c1-10-9-18(6)8-7-11(10)16-13(21)17-15(4,5)14(2,3)12(19)20/h10-11H,7-9H2,1-6H3,(H,19,20)(H2,16,17,21). The van der Waals surface area contributed by atoms with Crippen molar-refractivity contribution in [1.29, 1.82) is 0 Å². The molecule has 1 saturated heterocycles. The number of nitrogens with one attached hydrogen (secondary N) is 2. The number of likely N-dealkylation sites (tertiary alicyclic amines) is 1. The molecule has 0 aromatic rings. The maximum absolute atomic E-state index is 12.2. The molecule has 0 spiro atoms. The van der Waals surface area contributed by atoms with Gasteiger partial charge in [-0.1, -0.05) is 6.92 Å². The first-order chi connectivity index (χ1) is 9.47. The molecule has 0 aromatic carbocycles. The van der Waals surface area contributed by atoms with Crippen LogP contribution in [0.5, 0.6) is 0 Å². The van der Waals surface area contributed by atoms with Crippen molar-refractivity contribution in [1.82, 2.24) is 15.5 Å². The van der Waals surface area contributed by atoms with Crippen molar-refractivity contribution in [2.75, 3.05) is 20.1 Å². The van der Waals surface area contributed by atoms with E-state index in [0.29, 0.717) is 5.92 Å². The van der Waals surface area contributed by atoms with E-state index in [0.717, 1.165) is 19.5 Å². The van der Waals surface area contributed by atoms with Gasteiger partial charge in [0.25, 0.3) is 0 Å². The Labute approximate surface area is 127 Å². The van der Waals surface area contributed by atoms with Crippen LogP contribution >= 0.6 is 0 Å². The fraction of sp³-hybridized carbons (Fsp3) is 0.867. The van der Waals surface area contributed by atoms with Crippen LogP contribution in [0.3, 0.4) is 0 Å². The van der Waals surface area contributed by atoms with Crippen LogP contribution in [0.25, 0.3) is 0 Å². The summed E-state index contributed by atoms with van der Waals surface area (Å²) < 4.78 is 0. The molecule has 1 fully saturated rings. The van der Waals surface area contributed by atoms with E-state index in [1.807, 2.05) is 0 Å². The van der Waals surface area contributed by atoms with E-state index in [1.165, 1.54) is 0 Å². The maximum atomic E-state index is 12.2. The molecule has 0 bridgehead atoms. The first-order valence-corrected chi connectivity index (χ1v) is 7.48. The molecule has 2 amide bonds. The summed E-state index contributed by atoms with van der Waals surface area (Å²) in [5.41, 5.74) is -1.90. The van der Waals surface area contributed by atoms with Crippen LogP contribution in [-0.2, 0) is 4.79 Å². The third kappa shape index (κ3) is 4.09. The first kappa shape index (κ1) is 17.8. The lowest BCUT2D eigenvalue weighted by atomic mass is 9.74. The van der Waals surface area contributed by atoms with E-state index in [9.17, 15) is 14.7 Å². The fourth-order valence-corrected chi connectivity index (χ4v) is 2.48. The summed E-state index contributed by atoms with van der Waals surface area (Å²) in [5, 5.41) is 15.1. The summed E-state index contributed by atoms with van der Waals surface area (Å²) in [4.78, 5) is 25.8. The number of amides is 2. The summed E-state index contributed by atoms with van der Waals surface area (Å²) in [6, 6.07) is -0.166.